The Balaban J connectivity index is 1.66. The van der Waals surface area contributed by atoms with E-state index in [0.717, 1.165) is 24.3 Å². The Morgan fingerprint density at radius 1 is 1.33 bits per heavy atom. The standard InChI is InChI=1S/C15H18N4O2/c20-9-3-5-13-10-18(17-16-13)11-15(21)19-8-7-12-4-1-2-6-14(12)19/h1-2,4,6,10,20H,3,5,7-9,11H2. The van der Waals surface area contributed by atoms with Gasteiger partial charge in [-0.15, -0.1) is 5.10 Å². The van der Waals surface area contributed by atoms with Crippen LogP contribution in [0.2, 0.25) is 0 Å². The van der Waals surface area contributed by atoms with Crippen LogP contribution in [0.5, 0.6) is 0 Å². The minimum Gasteiger partial charge on any atom is -0.396 e. The van der Waals surface area contributed by atoms with Crippen LogP contribution in [-0.2, 0) is 24.2 Å². The van der Waals surface area contributed by atoms with Gasteiger partial charge in [0.25, 0.3) is 0 Å². The van der Waals surface area contributed by atoms with Crippen LogP contribution in [0.25, 0.3) is 0 Å². The molecule has 1 N–H and O–H groups in total. The van der Waals surface area contributed by atoms with E-state index in [9.17, 15) is 4.79 Å². The normalized spacial score (nSPS) is 13.5. The molecule has 1 aliphatic heterocycles. The molecule has 0 bridgehead atoms. The van der Waals surface area contributed by atoms with E-state index in [-0.39, 0.29) is 19.1 Å². The van der Waals surface area contributed by atoms with Crippen LogP contribution in [-0.4, -0.2) is 39.2 Å². The van der Waals surface area contributed by atoms with E-state index in [1.165, 1.54) is 5.56 Å². The van der Waals surface area contributed by atoms with Crippen molar-refractivity contribution in [3.63, 3.8) is 0 Å². The highest BCUT2D eigenvalue weighted by atomic mass is 16.2. The van der Waals surface area contributed by atoms with Gasteiger partial charge in [0, 0.05) is 25.0 Å². The number of aryl methyl sites for hydroxylation is 1. The van der Waals surface area contributed by atoms with Crippen molar-refractivity contribution in [3.05, 3.63) is 41.7 Å². The molecule has 1 aliphatic rings. The maximum atomic E-state index is 12.4. The average molecular weight is 286 g/mol. The fraction of sp³-hybridized carbons (Fsp3) is 0.400. The molecule has 0 unspecified atom stereocenters. The number of amides is 1. The minimum atomic E-state index is 0.0264. The molecule has 0 radical (unpaired) electrons. The predicted molar refractivity (Wildman–Crippen MR) is 77.9 cm³/mol. The first-order valence-corrected chi connectivity index (χ1v) is 7.16. The average Bonchev–Trinajstić information content (AvgIpc) is 3.11. The number of anilines is 1. The highest BCUT2D eigenvalue weighted by Crippen LogP contribution is 2.27. The van der Waals surface area contributed by atoms with E-state index >= 15 is 0 Å². The number of aliphatic hydroxyl groups excluding tert-OH is 1. The number of carbonyl (C=O) groups is 1. The monoisotopic (exact) mass is 286 g/mol. The van der Waals surface area contributed by atoms with Crippen molar-refractivity contribution in [2.24, 2.45) is 0 Å². The summed E-state index contributed by atoms with van der Waals surface area (Å²) in [5.74, 6) is 0.0264. The molecule has 1 aromatic heterocycles. The van der Waals surface area contributed by atoms with E-state index in [4.69, 9.17) is 5.11 Å². The molecule has 0 fully saturated rings. The first-order chi connectivity index (χ1) is 10.3. The lowest BCUT2D eigenvalue weighted by Gasteiger charge is -2.16. The number of hydrogen-bond acceptors (Lipinski definition) is 4. The van der Waals surface area contributed by atoms with Gasteiger partial charge in [0.15, 0.2) is 0 Å². The zero-order valence-corrected chi connectivity index (χ0v) is 11.8. The molecule has 3 rings (SSSR count). The molecule has 0 atom stereocenters. The molecule has 0 aliphatic carbocycles. The van der Waals surface area contributed by atoms with E-state index in [2.05, 4.69) is 16.4 Å². The Kier molecular flexibility index (Phi) is 3.96. The molecule has 2 heterocycles. The maximum Gasteiger partial charge on any atom is 0.248 e. The van der Waals surface area contributed by atoms with Gasteiger partial charge < -0.3 is 10.0 Å². The van der Waals surface area contributed by atoms with Crippen LogP contribution in [0.3, 0.4) is 0 Å². The number of aromatic nitrogens is 3. The van der Waals surface area contributed by atoms with Gasteiger partial charge in [-0.2, -0.15) is 0 Å². The van der Waals surface area contributed by atoms with Crippen molar-refractivity contribution >= 4 is 11.6 Å². The zero-order chi connectivity index (χ0) is 14.7. The number of aliphatic hydroxyl groups is 1. The van der Waals surface area contributed by atoms with Crippen molar-refractivity contribution in [3.8, 4) is 0 Å². The zero-order valence-electron chi connectivity index (χ0n) is 11.8. The van der Waals surface area contributed by atoms with Crippen LogP contribution >= 0.6 is 0 Å². The summed E-state index contributed by atoms with van der Waals surface area (Å²) in [5.41, 5.74) is 3.02. The van der Waals surface area contributed by atoms with E-state index in [1.807, 2.05) is 23.1 Å². The molecule has 1 amide bonds. The summed E-state index contributed by atoms with van der Waals surface area (Å²) in [6.45, 7) is 1.06. The summed E-state index contributed by atoms with van der Waals surface area (Å²) in [4.78, 5) is 14.2. The second-order valence-electron chi connectivity index (χ2n) is 5.16. The summed E-state index contributed by atoms with van der Waals surface area (Å²) in [7, 11) is 0. The highest BCUT2D eigenvalue weighted by molar-refractivity contribution is 5.95. The van der Waals surface area contributed by atoms with Crippen LogP contribution < -0.4 is 4.90 Å². The van der Waals surface area contributed by atoms with Gasteiger partial charge in [-0.05, 0) is 30.9 Å². The van der Waals surface area contributed by atoms with Crippen molar-refractivity contribution in [1.82, 2.24) is 15.0 Å². The number of para-hydroxylation sites is 1. The molecule has 2 aromatic rings. The van der Waals surface area contributed by atoms with E-state index in [1.54, 1.807) is 10.9 Å². The van der Waals surface area contributed by atoms with Crippen LogP contribution in [0, 0.1) is 0 Å². The minimum absolute atomic E-state index is 0.0264. The number of nitrogens with zero attached hydrogens (tertiary/aromatic N) is 4. The topological polar surface area (TPSA) is 71.2 Å². The third-order valence-corrected chi connectivity index (χ3v) is 3.66. The van der Waals surface area contributed by atoms with Crippen molar-refractivity contribution < 1.29 is 9.90 Å². The lowest BCUT2D eigenvalue weighted by atomic mass is 10.2. The van der Waals surface area contributed by atoms with Crippen LogP contribution in [0.4, 0.5) is 5.69 Å². The molecule has 0 saturated heterocycles. The van der Waals surface area contributed by atoms with Gasteiger partial charge in [0.1, 0.15) is 6.54 Å². The molecule has 1 aromatic carbocycles. The quantitative estimate of drug-likeness (QED) is 0.882. The van der Waals surface area contributed by atoms with Crippen molar-refractivity contribution in [2.45, 2.75) is 25.8 Å². The van der Waals surface area contributed by atoms with Crippen molar-refractivity contribution in [2.75, 3.05) is 18.1 Å². The molecule has 6 nitrogen and oxygen atoms in total. The molecule has 0 saturated carbocycles. The van der Waals surface area contributed by atoms with E-state index < -0.39 is 0 Å². The summed E-state index contributed by atoms with van der Waals surface area (Å²) in [5, 5.41) is 16.8. The number of hydrogen-bond donors (Lipinski definition) is 1. The Bertz CT molecular complexity index is 638. The molecule has 0 spiro atoms. The first kappa shape index (κ1) is 13.8. The molecule has 6 heteroatoms. The predicted octanol–water partition coefficient (Wildman–Crippen LogP) is 0.792. The first-order valence-electron chi connectivity index (χ1n) is 7.16. The molecule has 110 valence electrons. The maximum absolute atomic E-state index is 12.4. The van der Waals surface area contributed by atoms with Crippen molar-refractivity contribution in [1.29, 1.82) is 0 Å². The van der Waals surface area contributed by atoms with E-state index in [0.29, 0.717) is 12.8 Å². The summed E-state index contributed by atoms with van der Waals surface area (Å²) in [6.07, 6.45) is 4.01. The Morgan fingerprint density at radius 3 is 3.05 bits per heavy atom. The largest absolute Gasteiger partial charge is 0.396 e. The summed E-state index contributed by atoms with van der Waals surface area (Å²) >= 11 is 0. The second-order valence-corrected chi connectivity index (χ2v) is 5.16. The Hall–Kier alpha value is -2.21. The number of fused-ring (bicyclic) bond motifs is 1. The van der Waals surface area contributed by atoms with Gasteiger partial charge in [-0.25, -0.2) is 4.68 Å². The van der Waals surface area contributed by atoms with Crippen LogP contribution in [0.1, 0.15) is 17.7 Å². The number of rotatable bonds is 5. The van der Waals surface area contributed by atoms with Gasteiger partial charge in [-0.3, -0.25) is 4.79 Å². The van der Waals surface area contributed by atoms with Gasteiger partial charge in [0.05, 0.1) is 5.69 Å². The van der Waals surface area contributed by atoms with Crippen LogP contribution in [0.15, 0.2) is 30.5 Å². The third kappa shape index (κ3) is 2.95. The SMILES string of the molecule is O=C(Cn1cc(CCCO)nn1)N1CCc2ccccc21. The molecular weight excluding hydrogens is 268 g/mol. The Morgan fingerprint density at radius 2 is 2.19 bits per heavy atom. The van der Waals surface area contributed by atoms with Gasteiger partial charge >= 0.3 is 0 Å². The molecule has 21 heavy (non-hydrogen) atoms. The van der Waals surface area contributed by atoms with Gasteiger partial charge in [0.2, 0.25) is 5.91 Å². The fourth-order valence-corrected chi connectivity index (χ4v) is 2.61. The summed E-state index contributed by atoms with van der Waals surface area (Å²) in [6, 6.07) is 7.99. The van der Waals surface area contributed by atoms with Gasteiger partial charge in [-0.1, -0.05) is 23.4 Å². The Labute approximate surface area is 123 Å². The number of carbonyl (C=O) groups excluding carboxylic acids is 1. The third-order valence-electron chi connectivity index (χ3n) is 3.66. The smallest absolute Gasteiger partial charge is 0.248 e. The number of benzene rings is 1. The lowest BCUT2D eigenvalue weighted by Crippen LogP contribution is -2.32. The summed E-state index contributed by atoms with van der Waals surface area (Å²) < 4.78 is 1.57. The highest BCUT2D eigenvalue weighted by Gasteiger charge is 2.24. The fourth-order valence-electron chi connectivity index (χ4n) is 2.61. The second kappa shape index (κ2) is 6.05. The lowest BCUT2D eigenvalue weighted by molar-refractivity contribution is -0.119. The molecular formula is C15H18N4O2.